The van der Waals surface area contributed by atoms with Crippen molar-refractivity contribution in [3.8, 4) is 11.5 Å². The Morgan fingerprint density at radius 2 is 1.80 bits per heavy atom. The number of rotatable bonds is 7. The molecule has 2 saturated heterocycles. The number of halogens is 3. The summed E-state index contributed by atoms with van der Waals surface area (Å²) in [7, 11) is 1.69. The zero-order chi connectivity index (χ0) is 32.2. The molecule has 2 fully saturated rings. The lowest BCUT2D eigenvalue weighted by atomic mass is 9.83. The van der Waals surface area contributed by atoms with Gasteiger partial charge in [0, 0.05) is 55.9 Å². The number of carbonyl (C=O) groups excluding carboxylic acids is 2. The van der Waals surface area contributed by atoms with E-state index in [2.05, 4.69) is 32.2 Å². The summed E-state index contributed by atoms with van der Waals surface area (Å²) in [5.41, 5.74) is 3.05. The first kappa shape index (κ1) is 32.1. The normalized spacial score (nSPS) is 20.4. The molecule has 0 aliphatic carbocycles. The SMILES string of the molecule is COc1ccc2[nH]c3c(c2c1)CCN(C(=O)CN1CCNC(=O)C1)C31CCN(CCOc2ccccc2)C1.O=C(O)C(F)(F)F. The van der Waals surface area contributed by atoms with Crippen molar-refractivity contribution in [3.05, 3.63) is 59.8 Å². The van der Waals surface area contributed by atoms with Crippen molar-refractivity contribution in [1.82, 2.24) is 25.0 Å². The highest BCUT2D eigenvalue weighted by molar-refractivity contribution is 5.88. The number of H-pyrrole nitrogens is 1. The van der Waals surface area contributed by atoms with Crippen LogP contribution in [0.3, 0.4) is 0 Å². The van der Waals surface area contributed by atoms with Gasteiger partial charge in [0.05, 0.1) is 25.7 Å². The molecular formula is C31H36F3N5O6. The number of alkyl halides is 3. The molecule has 3 aliphatic heterocycles. The second-order valence-electron chi connectivity index (χ2n) is 11.3. The predicted molar refractivity (Wildman–Crippen MR) is 158 cm³/mol. The van der Waals surface area contributed by atoms with E-state index in [4.69, 9.17) is 19.4 Å². The molecule has 1 atom stereocenters. The Bertz CT molecular complexity index is 1530. The van der Waals surface area contributed by atoms with Crippen LogP contribution in [0.4, 0.5) is 13.2 Å². The zero-order valence-corrected chi connectivity index (χ0v) is 24.9. The lowest BCUT2D eigenvalue weighted by molar-refractivity contribution is -0.192. The highest BCUT2D eigenvalue weighted by atomic mass is 19.4. The molecule has 2 aromatic carbocycles. The fourth-order valence-electron chi connectivity index (χ4n) is 6.35. The molecule has 45 heavy (non-hydrogen) atoms. The minimum absolute atomic E-state index is 0.0188. The van der Waals surface area contributed by atoms with Crippen LogP contribution in [-0.4, -0.2) is 115 Å². The lowest BCUT2D eigenvalue weighted by Crippen LogP contribution is -2.58. The fourth-order valence-corrected chi connectivity index (χ4v) is 6.35. The number of aliphatic carboxylic acids is 1. The largest absolute Gasteiger partial charge is 0.497 e. The Labute approximate surface area is 257 Å². The van der Waals surface area contributed by atoms with E-state index in [1.807, 2.05) is 41.3 Å². The van der Waals surface area contributed by atoms with E-state index in [0.29, 0.717) is 26.2 Å². The number of nitrogens with zero attached hydrogens (tertiary/aromatic N) is 3. The zero-order valence-electron chi connectivity index (χ0n) is 24.9. The van der Waals surface area contributed by atoms with E-state index in [1.165, 1.54) is 10.9 Å². The fraction of sp³-hybridized carbons (Fsp3) is 0.452. The number of nitrogens with one attached hydrogen (secondary N) is 2. The summed E-state index contributed by atoms with van der Waals surface area (Å²) in [6.45, 7) is 5.47. The highest BCUT2D eigenvalue weighted by Crippen LogP contribution is 2.45. The van der Waals surface area contributed by atoms with Gasteiger partial charge in [-0.3, -0.25) is 19.4 Å². The topological polar surface area (TPSA) is 127 Å². The summed E-state index contributed by atoms with van der Waals surface area (Å²) in [4.78, 5) is 44.8. The van der Waals surface area contributed by atoms with E-state index in [9.17, 15) is 22.8 Å². The van der Waals surface area contributed by atoms with E-state index in [0.717, 1.165) is 55.2 Å². The van der Waals surface area contributed by atoms with Crippen molar-refractivity contribution < 1.29 is 42.1 Å². The highest BCUT2D eigenvalue weighted by Gasteiger charge is 2.51. The molecule has 4 heterocycles. The third kappa shape index (κ3) is 7.17. The number of carboxylic acids is 1. The molecule has 0 saturated carbocycles. The van der Waals surface area contributed by atoms with Crippen LogP contribution in [0.25, 0.3) is 10.9 Å². The van der Waals surface area contributed by atoms with Gasteiger partial charge in [0.1, 0.15) is 18.1 Å². The molecule has 6 rings (SSSR count). The number of aromatic amines is 1. The van der Waals surface area contributed by atoms with Crippen LogP contribution in [0, 0.1) is 0 Å². The van der Waals surface area contributed by atoms with E-state index >= 15 is 0 Å². The smallest absolute Gasteiger partial charge is 0.490 e. The van der Waals surface area contributed by atoms with Crippen molar-refractivity contribution >= 4 is 28.7 Å². The van der Waals surface area contributed by atoms with E-state index in [1.54, 1.807) is 7.11 Å². The van der Waals surface area contributed by atoms with Crippen LogP contribution in [0.2, 0.25) is 0 Å². The molecule has 2 amide bonds. The van der Waals surface area contributed by atoms with Crippen LogP contribution in [0.5, 0.6) is 11.5 Å². The number of benzene rings is 2. The minimum Gasteiger partial charge on any atom is -0.497 e. The van der Waals surface area contributed by atoms with Crippen LogP contribution >= 0.6 is 0 Å². The average Bonchev–Trinajstić information content (AvgIpc) is 3.60. The number of amides is 2. The molecule has 1 spiro atoms. The van der Waals surface area contributed by atoms with Crippen molar-refractivity contribution in [1.29, 1.82) is 0 Å². The summed E-state index contributed by atoms with van der Waals surface area (Å²) in [6.07, 6.45) is -3.45. The second-order valence-corrected chi connectivity index (χ2v) is 11.3. The number of aromatic nitrogens is 1. The van der Waals surface area contributed by atoms with Gasteiger partial charge in [0.2, 0.25) is 11.8 Å². The number of fused-ring (bicyclic) bond motifs is 4. The molecule has 0 radical (unpaired) electrons. The molecule has 1 aromatic heterocycles. The first-order chi connectivity index (χ1) is 21.5. The Hall–Kier alpha value is -4.30. The third-order valence-corrected chi connectivity index (χ3v) is 8.45. The molecule has 3 aromatic rings. The lowest BCUT2D eigenvalue weighted by Gasteiger charge is -2.45. The number of ether oxygens (including phenoxy) is 2. The monoisotopic (exact) mass is 631 g/mol. The minimum atomic E-state index is -5.08. The van der Waals surface area contributed by atoms with Gasteiger partial charge in [-0.25, -0.2) is 4.79 Å². The number of methoxy groups -OCH3 is 1. The van der Waals surface area contributed by atoms with Crippen molar-refractivity contribution in [2.24, 2.45) is 0 Å². The van der Waals surface area contributed by atoms with E-state index in [-0.39, 0.29) is 24.9 Å². The number of para-hydroxylation sites is 1. The van der Waals surface area contributed by atoms with Gasteiger partial charge < -0.3 is 29.8 Å². The molecule has 3 N–H and O–H groups in total. The van der Waals surface area contributed by atoms with Gasteiger partial charge in [-0.05, 0) is 48.7 Å². The van der Waals surface area contributed by atoms with Gasteiger partial charge in [-0.15, -0.1) is 0 Å². The first-order valence-electron chi connectivity index (χ1n) is 14.7. The number of piperazine rings is 1. The van der Waals surface area contributed by atoms with Gasteiger partial charge in [0.15, 0.2) is 0 Å². The van der Waals surface area contributed by atoms with Crippen molar-refractivity contribution in [3.63, 3.8) is 0 Å². The number of likely N-dealkylation sites (tertiary alicyclic amines) is 1. The molecule has 242 valence electrons. The van der Waals surface area contributed by atoms with Gasteiger partial charge >= 0.3 is 12.1 Å². The first-order valence-corrected chi connectivity index (χ1v) is 14.7. The van der Waals surface area contributed by atoms with Gasteiger partial charge in [-0.2, -0.15) is 13.2 Å². The molecule has 1 unspecified atom stereocenters. The third-order valence-electron chi connectivity index (χ3n) is 8.45. The van der Waals surface area contributed by atoms with Crippen LogP contribution in [-0.2, 0) is 26.3 Å². The number of carbonyl (C=O) groups is 3. The van der Waals surface area contributed by atoms with E-state index < -0.39 is 17.7 Å². The predicted octanol–water partition coefficient (Wildman–Crippen LogP) is 2.61. The van der Waals surface area contributed by atoms with Crippen molar-refractivity contribution in [2.75, 3.05) is 66.1 Å². The number of hydrogen-bond donors (Lipinski definition) is 3. The quantitative estimate of drug-likeness (QED) is 0.364. The standard InChI is InChI=1S/C29H35N5O4.C2HF3O2/c1-37-22-7-8-25-24(17-22)23-9-12-34(27(36)19-33-14-11-30-26(35)18-33)29(28(23)31-25)10-13-32(20-29)15-16-38-21-5-3-2-4-6-21;3-2(4,5)1(6)7/h2-8,17,31H,9-16,18-20H2,1H3,(H,30,35);(H,6,7). The van der Waals surface area contributed by atoms with Gasteiger partial charge in [-0.1, -0.05) is 18.2 Å². The van der Waals surface area contributed by atoms with Crippen molar-refractivity contribution in [2.45, 2.75) is 24.6 Å². The molecule has 3 aliphatic rings. The summed E-state index contributed by atoms with van der Waals surface area (Å²) in [5, 5.41) is 11.1. The molecule has 11 nitrogen and oxygen atoms in total. The molecule has 0 bridgehead atoms. The maximum Gasteiger partial charge on any atom is 0.490 e. The van der Waals surface area contributed by atoms with Crippen LogP contribution < -0.4 is 14.8 Å². The average molecular weight is 632 g/mol. The Morgan fingerprint density at radius 3 is 2.49 bits per heavy atom. The summed E-state index contributed by atoms with van der Waals surface area (Å²) in [5.74, 6) is -0.985. The molecule has 14 heteroatoms. The Kier molecular flexibility index (Phi) is 9.53. The summed E-state index contributed by atoms with van der Waals surface area (Å²) in [6, 6.07) is 16.0. The van der Waals surface area contributed by atoms with Crippen LogP contribution in [0.1, 0.15) is 17.7 Å². The maximum absolute atomic E-state index is 13.8. The summed E-state index contributed by atoms with van der Waals surface area (Å²) >= 11 is 0. The van der Waals surface area contributed by atoms with Crippen LogP contribution in [0.15, 0.2) is 48.5 Å². The molecular weight excluding hydrogens is 595 g/mol. The Morgan fingerprint density at radius 1 is 1.04 bits per heavy atom. The summed E-state index contributed by atoms with van der Waals surface area (Å²) < 4.78 is 43.2. The number of hydrogen-bond acceptors (Lipinski definition) is 7. The number of carboxylic acid groups (broad SMARTS) is 1. The maximum atomic E-state index is 13.8. The van der Waals surface area contributed by atoms with Gasteiger partial charge in [0.25, 0.3) is 0 Å². The Balaban J connectivity index is 0.000000515. The second kappa shape index (κ2) is 13.4.